The van der Waals surface area contributed by atoms with Crippen LogP contribution < -0.4 is 4.74 Å². The van der Waals surface area contributed by atoms with Crippen LogP contribution in [0.15, 0.2) is 24.8 Å². The van der Waals surface area contributed by atoms with E-state index in [-0.39, 0.29) is 17.3 Å². The predicted molar refractivity (Wildman–Crippen MR) is 107 cm³/mol. The largest absolute Gasteiger partial charge is 0.441 e. The molecule has 0 aliphatic rings. The van der Waals surface area contributed by atoms with Crippen molar-refractivity contribution in [2.45, 2.75) is 72.1 Å². The van der Waals surface area contributed by atoms with E-state index in [0.717, 1.165) is 16.7 Å². The van der Waals surface area contributed by atoms with Gasteiger partial charge in [0.25, 0.3) is 5.78 Å². The van der Waals surface area contributed by atoms with E-state index in [2.05, 4.69) is 11.4 Å². The SMILES string of the molecule is C=CCCC(=O)C(=[N+]=[N-])C(=O)Oc1c(C(C)(C)C)cc(C)cc1C(C)(C)C. The highest BCUT2D eigenvalue weighted by molar-refractivity contribution is 6.62. The van der Waals surface area contributed by atoms with Crippen molar-refractivity contribution in [2.24, 2.45) is 0 Å². The summed E-state index contributed by atoms with van der Waals surface area (Å²) >= 11 is 0. The van der Waals surface area contributed by atoms with Gasteiger partial charge < -0.3 is 10.3 Å². The van der Waals surface area contributed by atoms with Crippen molar-refractivity contribution in [3.05, 3.63) is 47.0 Å². The molecule has 0 bridgehead atoms. The predicted octanol–water partition coefficient (Wildman–Crippen LogP) is 4.70. The van der Waals surface area contributed by atoms with Crippen molar-refractivity contribution in [3.8, 4) is 5.75 Å². The van der Waals surface area contributed by atoms with Gasteiger partial charge in [-0.05, 0) is 24.2 Å². The molecule has 1 aromatic rings. The lowest BCUT2D eigenvalue weighted by Crippen LogP contribution is -2.31. The lowest BCUT2D eigenvalue weighted by Gasteiger charge is -2.29. The average Bonchev–Trinajstić information content (AvgIpc) is 2.52. The Balaban J connectivity index is 3.48. The van der Waals surface area contributed by atoms with Gasteiger partial charge in [0, 0.05) is 17.5 Å². The van der Waals surface area contributed by atoms with E-state index in [1.165, 1.54) is 0 Å². The maximum Gasteiger partial charge on any atom is 0.441 e. The van der Waals surface area contributed by atoms with Crippen molar-refractivity contribution in [1.29, 1.82) is 0 Å². The molecule has 0 radical (unpaired) electrons. The average molecular weight is 370 g/mol. The molecule has 0 unspecified atom stereocenters. The summed E-state index contributed by atoms with van der Waals surface area (Å²) in [7, 11) is 0. The summed E-state index contributed by atoms with van der Waals surface area (Å²) < 4.78 is 5.66. The van der Waals surface area contributed by atoms with Gasteiger partial charge in [-0.3, -0.25) is 4.79 Å². The molecule has 1 aromatic carbocycles. The summed E-state index contributed by atoms with van der Waals surface area (Å²) in [5.74, 6) is -1.11. The van der Waals surface area contributed by atoms with E-state index >= 15 is 0 Å². The van der Waals surface area contributed by atoms with Gasteiger partial charge in [0.1, 0.15) is 5.75 Å². The number of carbonyl (C=O) groups excluding carboxylic acids is 2. The Morgan fingerprint density at radius 1 is 1.11 bits per heavy atom. The number of ether oxygens (including phenoxy) is 1. The van der Waals surface area contributed by atoms with Crippen molar-refractivity contribution >= 4 is 17.5 Å². The molecule has 0 fully saturated rings. The van der Waals surface area contributed by atoms with Crippen molar-refractivity contribution < 1.29 is 19.1 Å². The van der Waals surface area contributed by atoms with E-state index in [4.69, 9.17) is 4.74 Å². The first-order valence-electron chi connectivity index (χ1n) is 9.06. The summed E-state index contributed by atoms with van der Waals surface area (Å²) in [6, 6.07) is 3.96. The lowest BCUT2D eigenvalue weighted by atomic mass is 9.78. The van der Waals surface area contributed by atoms with Crippen LogP contribution in [0.4, 0.5) is 0 Å². The summed E-state index contributed by atoms with van der Waals surface area (Å²) in [6.45, 7) is 17.7. The molecule has 0 amide bonds. The Kier molecular flexibility index (Phi) is 7.05. The van der Waals surface area contributed by atoms with Gasteiger partial charge >= 0.3 is 11.7 Å². The highest BCUT2D eigenvalue weighted by Gasteiger charge is 2.35. The number of ketones is 1. The molecule has 0 N–H and O–H groups in total. The minimum absolute atomic E-state index is 0.0319. The first kappa shape index (κ1) is 22.5. The number of hydrogen-bond donors (Lipinski definition) is 0. The van der Waals surface area contributed by atoms with Gasteiger partial charge in [0.15, 0.2) is 0 Å². The molecule has 0 atom stereocenters. The van der Waals surface area contributed by atoms with Crippen LogP contribution in [0.3, 0.4) is 0 Å². The highest BCUT2D eigenvalue weighted by atomic mass is 16.5. The summed E-state index contributed by atoms with van der Waals surface area (Å²) in [5, 5.41) is 0. The van der Waals surface area contributed by atoms with Gasteiger partial charge in [-0.15, -0.1) is 6.58 Å². The standard InChI is InChI=1S/C22H30N2O3/c1-9-10-11-17(25)18(24-23)20(26)27-19-15(21(3,4)5)12-14(2)13-16(19)22(6,7)8/h9,12-13H,1,10-11H2,2-8H3. The topological polar surface area (TPSA) is 79.8 Å². The smallest absolute Gasteiger partial charge is 0.417 e. The second kappa shape index (κ2) is 8.45. The molecule has 5 nitrogen and oxygen atoms in total. The van der Waals surface area contributed by atoms with Crippen molar-refractivity contribution in [1.82, 2.24) is 0 Å². The molecule has 0 saturated heterocycles. The van der Waals surface area contributed by atoms with Gasteiger partial charge in [0.05, 0.1) is 0 Å². The zero-order valence-corrected chi connectivity index (χ0v) is 17.5. The van der Waals surface area contributed by atoms with Crippen LogP contribution in [-0.4, -0.2) is 22.3 Å². The van der Waals surface area contributed by atoms with E-state index in [1.54, 1.807) is 6.08 Å². The number of carbonyl (C=O) groups is 2. The second-order valence-electron chi connectivity index (χ2n) is 8.78. The van der Waals surface area contributed by atoms with Crippen LogP contribution in [0.25, 0.3) is 5.53 Å². The van der Waals surface area contributed by atoms with Crippen LogP contribution in [-0.2, 0) is 20.4 Å². The quantitative estimate of drug-likeness (QED) is 0.138. The number of Topliss-reactive ketones (excluding diaryl/α,β-unsaturated/α-hetero) is 1. The minimum atomic E-state index is -0.952. The van der Waals surface area contributed by atoms with Crippen LogP contribution in [0, 0.1) is 6.92 Å². The van der Waals surface area contributed by atoms with Crippen LogP contribution in [0.1, 0.15) is 71.1 Å². The van der Waals surface area contributed by atoms with E-state index in [0.29, 0.717) is 12.2 Å². The van der Waals surface area contributed by atoms with E-state index in [9.17, 15) is 15.1 Å². The van der Waals surface area contributed by atoms with Gasteiger partial charge in [0.2, 0.25) is 0 Å². The number of hydrogen-bond acceptors (Lipinski definition) is 3. The third-order valence-corrected chi connectivity index (χ3v) is 4.18. The fraction of sp³-hybridized carbons (Fsp3) is 0.500. The molecule has 27 heavy (non-hydrogen) atoms. The van der Waals surface area contributed by atoms with E-state index in [1.807, 2.05) is 60.6 Å². The lowest BCUT2D eigenvalue weighted by molar-refractivity contribution is -0.134. The number of benzene rings is 1. The summed E-state index contributed by atoms with van der Waals surface area (Å²) in [6.07, 6.45) is 1.98. The Labute approximate surface area is 162 Å². The summed E-state index contributed by atoms with van der Waals surface area (Å²) in [4.78, 5) is 27.7. The summed E-state index contributed by atoms with van der Waals surface area (Å²) in [5.41, 5.74) is 10.8. The number of esters is 1. The molecule has 0 aliphatic heterocycles. The molecule has 0 spiro atoms. The number of aryl methyl sites for hydroxylation is 1. The Morgan fingerprint density at radius 3 is 1.96 bits per heavy atom. The molecule has 0 aliphatic carbocycles. The van der Waals surface area contributed by atoms with E-state index < -0.39 is 17.5 Å². The maximum absolute atomic E-state index is 12.6. The maximum atomic E-state index is 12.6. The van der Waals surface area contributed by atoms with Crippen molar-refractivity contribution in [2.75, 3.05) is 0 Å². The third-order valence-electron chi connectivity index (χ3n) is 4.18. The third kappa shape index (κ3) is 5.73. The Bertz CT molecular complexity index is 767. The molecule has 5 heteroatoms. The molecule has 146 valence electrons. The monoisotopic (exact) mass is 370 g/mol. The zero-order valence-electron chi connectivity index (χ0n) is 17.5. The fourth-order valence-electron chi connectivity index (χ4n) is 2.70. The normalized spacial score (nSPS) is 11.5. The Hall–Kier alpha value is -2.52. The molecule has 1 rings (SSSR count). The van der Waals surface area contributed by atoms with Gasteiger partial charge in [-0.2, -0.15) is 4.79 Å². The number of nitrogens with zero attached hydrogens (tertiary/aromatic N) is 2. The zero-order chi connectivity index (χ0) is 21.0. The first-order chi connectivity index (χ1) is 12.3. The minimum Gasteiger partial charge on any atom is -0.417 e. The Morgan fingerprint density at radius 2 is 1.59 bits per heavy atom. The highest BCUT2D eigenvalue weighted by Crippen LogP contribution is 2.40. The molecular formula is C22H30N2O3. The fourth-order valence-corrected chi connectivity index (χ4v) is 2.70. The van der Waals surface area contributed by atoms with Crippen LogP contribution >= 0.6 is 0 Å². The molecule has 0 saturated carbocycles. The van der Waals surface area contributed by atoms with Gasteiger partial charge in [-0.1, -0.05) is 65.3 Å². The molecular weight excluding hydrogens is 340 g/mol. The first-order valence-corrected chi connectivity index (χ1v) is 9.06. The van der Waals surface area contributed by atoms with Crippen molar-refractivity contribution in [3.63, 3.8) is 0 Å². The van der Waals surface area contributed by atoms with Crippen LogP contribution in [0.5, 0.6) is 5.75 Å². The van der Waals surface area contributed by atoms with Crippen LogP contribution in [0.2, 0.25) is 0 Å². The number of allylic oxidation sites excluding steroid dienone is 1. The molecule has 0 heterocycles. The number of rotatable bonds is 6. The van der Waals surface area contributed by atoms with Gasteiger partial charge in [-0.25, -0.2) is 4.79 Å². The molecule has 0 aromatic heterocycles. The second-order valence-corrected chi connectivity index (χ2v) is 8.78.